The van der Waals surface area contributed by atoms with E-state index in [-0.39, 0.29) is 11.6 Å². The largest absolute Gasteiger partial charge is 0.392 e. The Morgan fingerprint density at radius 3 is 2.48 bits per heavy atom. The highest BCUT2D eigenvalue weighted by Gasteiger charge is 2.68. The van der Waals surface area contributed by atoms with Crippen LogP contribution in [-0.4, -0.2) is 26.5 Å². The maximum Gasteiger partial charge on any atom is 0.264 e. The molecule has 1 fully saturated rings. The molecule has 1 aliphatic rings. The van der Waals surface area contributed by atoms with Gasteiger partial charge in [-0.1, -0.05) is 42.5 Å². The van der Waals surface area contributed by atoms with Crippen LogP contribution in [0.25, 0.3) is 22.0 Å². The second-order valence-corrected chi connectivity index (χ2v) is 7.84. The van der Waals surface area contributed by atoms with E-state index in [4.69, 9.17) is 18.0 Å². The molecular weight excluding hydrogens is 404 g/mol. The van der Waals surface area contributed by atoms with Crippen molar-refractivity contribution in [3.8, 4) is 11.1 Å². The molecule has 4 rings (SSSR count). The molecule has 0 unspecified atom stereocenters. The van der Waals surface area contributed by atoms with Crippen molar-refractivity contribution < 1.29 is 22.7 Å². The number of hydrogen-bond donors (Lipinski definition) is 2. The summed E-state index contributed by atoms with van der Waals surface area (Å²) in [4.78, 5) is 0.215. The Hall–Kier alpha value is -2.45. The van der Waals surface area contributed by atoms with Crippen LogP contribution in [0.3, 0.4) is 0 Å². The summed E-state index contributed by atoms with van der Waals surface area (Å²) in [7, 11) is 0. The fourth-order valence-corrected chi connectivity index (χ4v) is 3.99. The number of nitrogens with zero attached hydrogens (tertiary/aromatic N) is 1. The van der Waals surface area contributed by atoms with Gasteiger partial charge in [0.05, 0.1) is 13.0 Å². The van der Waals surface area contributed by atoms with Crippen LogP contribution in [-0.2, 0) is 13.2 Å². The number of fused-ring (bicyclic) bond motifs is 1. The molecule has 2 aromatic carbocycles. The molecule has 1 heterocycles. The van der Waals surface area contributed by atoms with Gasteiger partial charge in [-0.3, -0.25) is 0 Å². The van der Waals surface area contributed by atoms with Gasteiger partial charge in [0.1, 0.15) is 10.9 Å². The molecule has 0 amide bonds. The molecule has 0 spiro atoms. The third-order valence-corrected chi connectivity index (χ3v) is 5.69. The summed E-state index contributed by atoms with van der Waals surface area (Å²) in [5.74, 6) is -8.90. The second-order valence-electron chi connectivity index (χ2n) is 7.40. The molecule has 1 aliphatic carbocycles. The summed E-state index contributed by atoms with van der Waals surface area (Å²) in [6.07, 6.45) is 0.170. The van der Waals surface area contributed by atoms with E-state index in [1.165, 1.54) is 4.57 Å². The Balaban J connectivity index is 1.85. The first kappa shape index (κ1) is 19.8. The lowest BCUT2D eigenvalue weighted by Crippen LogP contribution is -2.58. The standard InChI is InChI=1S/C21H18F4N2OS/c22-20(23)11-21(24,25)18(20)9-27-8-16(13-2-1-3-14(7-13)19(26)29)15-5-4-12(10-28)6-17(15)27/h1-8,18,28H,9-11H2,(H2,26,29). The number of aromatic nitrogens is 1. The number of nitrogens with two attached hydrogens (primary N) is 1. The number of aliphatic hydroxyl groups excluding tert-OH is 1. The monoisotopic (exact) mass is 422 g/mol. The minimum absolute atomic E-state index is 0.215. The molecule has 3 N–H and O–H groups in total. The van der Waals surface area contributed by atoms with E-state index in [1.54, 1.807) is 42.6 Å². The highest BCUT2D eigenvalue weighted by molar-refractivity contribution is 7.80. The van der Waals surface area contributed by atoms with E-state index in [1.807, 2.05) is 6.07 Å². The number of thiocarbonyl (C=S) groups is 1. The van der Waals surface area contributed by atoms with Gasteiger partial charge >= 0.3 is 0 Å². The molecule has 0 radical (unpaired) electrons. The zero-order valence-corrected chi connectivity index (χ0v) is 16.0. The molecule has 3 nitrogen and oxygen atoms in total. The zero-order valence-electron chi connectivity index (χ0n) is 15.2. The maximum atomic E-state index is 13.8. The van der Waals surface area contributed by atoms with Crippen LogP contribution in [0.4, 0.5) is 17.6 Å². The first-order chi connectivity index (χ1) is 13.6. The number of benzene rings is 2. The van der Waals surface area contributed by atoms with Crippen molar-refractivity contribution >= 4 is 28.1 Å². The van der Waals surface area contributed by atoms with E-state index >= 15 is 0 Å². The van der Waals surface area contributed by atoms with E-state index in [9.17, 15) is 22.7 Å². The van der Waals surface area contributed by atoms with Crippen LogP contribution in [0.2, 0.25) is 0 Å². The van der Waals surface area contributed by atoms with Gasteiger partial charge in [0.15, 0.2) is 0 Å². The normalized spacial score (nSPS) is 18.0. The fourth-order valence-electron chi connectivity index (χ4n) is 3.86. The van der Waals surface area contributed by atoms with Crippen LogP contribution in [0.1, 0.15) is 17.5 Å². The lowest BCUT2D eigenvalue weighted by atomic mass is 9.76. The summed E-state index contributed by atoms with van der Waals surface area (Å²) >= 11 is 5.01. The number of hydrogen-bond acceptors (Lipinski definition) is 2. The van der Waals surface area contributed by atoms with Gasteiger partial charge in [0.2, 0.25) is 0 Å². The first-order valence-electron chi connectivity index (χ1n) is 9.01. The summed E-state index contributed by atoms with van der Waals surface area (Å²) in [6.45, 7) is -0.774. The third-order valence-electron chi connectivity index (χ3n) is 5.46. The summed E-state index contributed by atoms with van der Waals surface area (Å²) < 4.78 is 56.8. The topological polar surface area (TPSA) is 51.2 Å². The van der Waals surface area contributed by atoms with Gasteiger partial charge in [-0.2, -0.15) is 0 Å². The minimum atomic E-state index is -3.42. The quantitative estimate of drug-likeness (QED) is 0.462. The number of alkyl halides is 4. The summed E-state index contributed by atoms with van der Waals surface area (Å²) in [5.41, 5.74) is 8.84. The zero-order chi connectivity index (χ0) is 21.0. The Bertz CT molecular complexity index is 1100. The van der Waals surface area contributed by atoms with Crippen LogP contribution in [0.15, 0.2) is 48.7 Å². The predicted octanol–water partition coefficient (Wildman–Crippen LogP) is 4.73. The van der Waals surface area contributed by atoms with Crippen LogP contribution >= 0.6 is 12.2 Å². The average Bonchev–Trinajstić information content (AvgIpc) is 3.03. The molecule has 1 saturated carbocycles. The van der Waals surface area contributed by atoms with E-state index < -0.39 is 30.7 Å². The fraction of sp³-hybridized carbons (Fsp3) is 0.286. The van der Waals surface area contributed by atoms with Gasteiger partial charge in [0.25, 0.3) is 11.8 Å². The Labute approximate surface area is 169 Å². The van der Waals surface area contributed by atoms with Crippen LogP contribution in [0, 0.1) is 5.92 Å². The van der Waals surface area contributed by atoms with Gasteiger partial charge < -0.3 is 15.4 Å². The van der Waals surface area contributed by atoms with Gasteiger partial charge in [-0.15, -0.1) is 0 Å². The second kappa shape index (κ2) is 6.81. The summed E-state index contributed by atoms with van der Waals surface area (Å²) in [5, 5.41) is 10.1. The van der Waals surface area contributed by atoms with Crippen molar-refractivity contribution in [3.63, 3.8) is 0 Å². The molecule has 1 aromatic heterocycles. The van der Waals surface area contributed by atoms with Crippen molar-refractivity contribution in [1.29, 1.82) is 0 Å². The molecule has 29 heavy (non-hydrogen) atoms. The molecule has 8 heteroatoms. The lowest BCUT2D eigenvalue weighted by molar-refractivity contribution is -0.287. The SMILES string of the molecule is NC(=S)c1cccc(-c2cn(CC3C(F)(F)CC3(F)F)c3cc(CO)ccc23)c1. The maximum absolute atomic E-state index is 13.8. The third kappa shape index (κ3) is 3.40. The molecule has 152 valence electrons. The van der Waals surface area contributed by atoms with Crippen molar-refractivity contribution in [2.45, 2.75) is 31.4 Å². The van der Waals surface area contributed by atoms with Crippen LogP contribution in [0.5, 0.6) is 0 Å². The van der Waals surface area contributed by atoms with E-state index in [0.717, 1.165) is 5.56 Å². The van der Waals surface area contributed by atoms with Crippen molar-refractivity contribution in [2.75, 3.05) is 0 Å². The summed E-state index contributed by atoms with van der Waals surface area (Å²) in [6, 6.07) is 12.2. The number of rotatable bonds is 5. The van der Waals surface area contributed by atoms with E-state index in [0.29, 0.717) is 27.6 Å². The predicted molar refractivity (Wildman–Crippen MR) is 107 cm³/mol. The molecule has 0 atom stereocenters. The molecule has 3 aromatic rings. The van der Waals surface area contributed by atoms with Gasteiger partial charge in [0, 0.05) is 34.8 Å². The Morgan fingerprint density at radius 2 is 1.86 bits per heavy atom. The Morgan fingerprint density at radius 1 is 1.14 bits per heavy atom. The van der Waals surface area contributed by atoms with Crippen molar-refractivity contribution in [3.05, 3.63) is 59.8 Å². The highest BCUT2D eigenvalue weighted by atomic mass is 32.1. The van der Waals surface area contributed by atoms with Crippen molar-refractivity contribution in [1.82, 2.24) is 4.57 Å². The molecule has 0 aliphatic heterocycles. The van der Waals surface area contributed by atoms with Gasteiger partial charge in [-0.25, -0.2) is 17.6 Å². The molecule has 0 saturated heterocycles. The van der Waals surface area contributed by atoms with E-state index in [2.05, 4.69) is 0 Å². The number of aliphatic hydroxyl groups is 1. The lowest BCUT2D eigenvalue weighted by Gasteiger charge is -2.44. The van der Waals surface area contributed by atoms with Crippen LogP contribution < -0.4 is 5.73 Å². The smallest absolute Gasteiger partial charge is 0.264 e. The van der Waals surface area contributed by atoms with Gasteiger partial charge in [-0.05, 0) is 23.3 Å². The highest BCUT2D eigenvalue weighted by Crippen LogP contribution is 2.55. The average molecular weight is 422 g/mol. The number of halogens is 4. The molecule has 0 bridgehead atoms. The first-order valence-corrected chi connectivity index (χ1v) is 9.42. The Kier molecular flexibility index (Phi) is 4.66. The minimum Gasteiger partial charge on any atom is -0.392 e. The van der Waals surface area contributed by atoms with Crippen molar-refractivity contribution in [2.24, 2.45) is 11.7 Å². The molecular formula is C21H18F4N2OS.